The van der Waals surface area contributed by atoms with Gasteiger partial charge in [0.15, 0.2) is 0 Å². The molecular formula is C14H23ClO4. The third kappa shape index (κ3) is 13.2. The summed E-state index contributed by atoms with van der Waals surface area (Å²) in [6, 6.07) is 0. The lowest BCUT2D eigenvalue weighted by Gasteiger charge is -2.02. The summed E-state index contributed by atoms with van der Waals surface area (Å²) in [7, 11) is 0. The van der Waals surface area contributed by atoms with E-state index in [0.29, 0.717) is 13.2 Å². The fraction of sp³-hybridized carbons (Fsp3) is 0.714. The van der Waals surface area contributed by atoms with E-state index in [4.69, 9.17) is 16.3 Å². The quantitative estimate of drug-likeness (QED) is 0.254. The molecule has 0 aliphatic rings. The zero-order chi connectivity index (χ0) is 14.3. The lowest BCUT2D eigenvalue weighted by atomic mass is 10.1. The van der Waals surface area contributed by atoms with Crippen molar-refractivity contribution in [3.63, 3.8) is 0 Å². The lowest BCUT2D eigenvalue weighted by Crippen LogP contribution is -2.05. The number of hydrogen-bond donors (Lipinski definition) is 0. The molecule has 0 heterocycles. The van der Waals surface area contributed by atoms with Crippen LogP contribution in [0.1, 0.15) is 45.4 Å². The van der Waals surface area contributed by atoms with Gasteiger partial charge >= 0.3 is 11.9 Å². The molecule has 4 nitrogen and oxygen atoms in total. The molecule has 0 spiro atoms. The molecule has 0 bridgehead atoms. The number of carbonyl (C=O) groups is 2. The Morgan fingerprint density at radius 2 is 1.42 bits per heavy atom. The molecule has 0 fully saturated rings. The Morgan fingerprint density at radius 1 is 0.895 bits per heavy atom. The first kappa shape index (κ1) is 18.0. The van der Waals surface area contributed by atoms with Crippen LogP contribution in [0.3, 0.4) is 0 Å². The average Bonchev–Trinajstić information content (AvgIpc) is 2.40. The van der Waals surface area contributed by atoms with Crippen molar-refractivity contribution in [2.24, 2.45) is 0 Å². The van der Waals surface area contributed by atoms with Crippen molar-refractivity contribution in [2.45, 2.75) is 45.4 Å². The van der Waals surface area contributed by atoms with Gasteiger partial charge in [0.1, 0.15) is 0 Å². The van der Waals surface area contributed by atoms with Crippen LogP contribution in [0.25, 0.3) is 0 Å². The number of hydrogen-bond acceptors (Lipinski definition) is 4. The minimum absolute atomic E-state index is 0.294. The van der Waals surface area contributed by atoms with E-state index in [2.05, 4.69) is 4.74 Å². The summed E-state index contributed by atoms with van der Waals surface area (Å²) in [4.78, 5) is 22.1. The molecule has 0 aromatic rings. The smallest absolute Gasteiger partial charge is 0.331 e. The van der Waals surface area contributed by atoms with Crippen LogP contribution >= 0.6 is 11.6 Å². The molecule has 0 aromatic carbocycles. The Hall–Kier alpha value is -1.03. The highest BCUT2D eigenvalue weighted by Crippen LogP contribution is 2.06. The van der Waals surface area contributed by atoms with Crippen molar-refractivity contribution in [1.82, 2.24) is 0 Å². The fourth-order valence-corrected chi connectivity index (χ4v) is 1.64. The maximum absolute atomic E-state index is 11.2. The van der Waals surface area contributed by atoms with Crippen molar-refractivity contribution in [3.8, 4) is 0 Å². The summed E-state index contributed by atoms with van der Waals surface area (Å²) in [5, 5.41) is 0. The van der Waals surface area contributed by atoms with Crippen molar-refractivity contribution >= 4 is 23.5 Å². The SMILES string of the molecule is CCOC(=O)/C=C/C(=O)OCCCCCCCCCl. The zero-order valence-corrected chi connectivity index (χ0v) is 12.3. The second-order valence-corrected chi connectivity index (χ2v) is 4.44. The maximum Gasteiger partial charge on any atom is 0.331 e. The minimum Gasteiger partial charge on any atom is -0.463 e. The first-order valence-electron chi connectivity index (χ1n) is 6.78. The third-order valence-electron chi connectivity index (χ3n) is 2.41. The molecule has 5 heteroatoms. The lowest BCUT2D eigenvalue weighted by molar-refractivity contribution is -0.140. The molecular weight excluding hydrogens is 268 g/mol. The normalized spacial score (nSPS) is 10.6. The summed E-state index contributed by atoms with van der Waals surface area (Å²) in [6.45, 7) is 2.39. The molecule has 0 radical (unpaired) electrons. The average molecular weight is 291 g/mol. The Labute approximate surface area is 120 Å². The highest BCUT2D eigenvalue weighted by Gasteiger charge is 2.00. The van der Waals surface area contributed by atoms with Gasteiger partial charge in [0.05, 0.1) is 13.2 Å². The van der Waals surface area contributed by atoms with Crippen molar-refractivity contribution in [3.05, 3.63) is 12.2 Å². The Morgan fingerprint density at radius 3 is 2.00 bits per heavy atom. The van der Waals surface area contributed by atoms with Crippen LogP contribution in [0, 0.1) is 0 Å². The van der Waals surface area contributed by atoms with Gasteiger partial charge in [-0.15, -0.1) is 11.6 Å². The highest BCUT2D eigenvalue weighted by atomic mass is 35.5. The van der Waals surface area contributed by atoms with Crippen LogP contribution in [0.5, 0.6) is 0 Å². The zero-order valence-electron chi connectivity index (χ0n) is 11.5. The van der Waals surface area contributed by atoms with Crippen molar-refractivity contribution in [2.75, 3.05) is 19.1 Å². The summed E-state index contributed by atoms with van der Waals surface area (Å²) in [5.41, 5.74) is 0. The molecule has 0 aromatic heterocycles. The number of alkyl halides is 1. The van der Waals surface area contributed by atoms with Crippen LogP contribution in [0.4, 0.5) is 0 Å². The van der Waals surface area contributed by atoms with Gasteiger partial charge < -0.3 is 9.47 Å². The number of rotatable bonds is 11. The Kier molecular flexibility index (Phi) is 12.7. The van der Waals surface area contributed by atoms with E-state index in [1.807, 2.05) is 0 Å². The number of halogens is 1. The van der Waals surface area contributed by atoms with Crippen LogP contribution < -0.4 is 0 Å². The second kappa shape index (κ2) is 13.4. The van der Waals surface area contributed by atoms with E-state index in [1.165, 1.54) is 6.42 Å². The van der Waals surface area contributed by atoms with E-state index >= 15 is 0 Å². The summed E-state index contributed by atoms with van der Waals surface area (Å²) in [5.74, 6) is -0.307. The van der Waals surface area contributed by atoms with E-state index in [1.54, 1.807) is 6.92 Å². The number of esters is 2. The maximum atomic E-state index is 11.2. The third-order valence-corrected chi connectivity index (χ3v) is 2.68. The van der Waals surface area contributed by atoms with Gasteiger partial charge in [0.25, 0.3) is 0 Å². The molecule has 110 valence electrons. The molecule has 0 aliphatic carbocycles. The van der Waals surface area contributed by atoms with Gasteiger partial charge in [0.2, 0.25) is 0 Å². The van der Waals surface area contributed by atoms with Crippen LogP contribution in [-0.2, 0) is 19.1 Å². The van der Waals surface area contributed by atoms with E-state index in [9.17, 15) is 9.59 Å². The predicted molar refractivity (Wildman–Crippen MR) is 75.2 cm³/mol. The van der Waals surface area contributed by atoms with Crippen LogP contribution in [0.2, 0.25) is 0 Å². The van der Waals surface area contributed by atoms with Gasteiger partial charge in [-0.3, -0.25) is 0 Å². The highest BCUT2D eigenvalue weighted by molar-refractivity contribution is 6.17. The van der Waals surface area contributed by atoms with Gasteiger partial charge in [-0.25, -0.2) is 9.59 Å². The predicted octanol–water partition coefficient (Wildman–Crippen LogP) is 3.23. The molecule has 0 saturated carbocycles. The first-order valence-corrected chi connectivity index (χ1v) is 7.31. The van der Waals surface area contributed by atoms with E-state index in [0.717, 1.165) is 50.1 Å². The summed E-state index contributed by atoms with van der Waals surface area (Å²) < 4.78 is 9.58. The molecule has 19 heavy (non-hydrogen) atoms. The Bertz CT molecular complexity index is 277. The van der Waals surface area contributed by atoms with E-state index < -0.39 is 11.9 Å². The van der Waals surface area contributed by atoms with Gasteiger partial charge in [-0.1, -0.05) is 25.7 Å². The van der Waals surface area contributed by atoms with Gasteiger partial charge in [-0.2, -0.15) is 0 Å². The van der Waals surface area contributed by atoms with Crippen LogP contribution in [0.15, 0.2) is 12.2 Å². The molecule has 0 aliphatic heterocycles. The molecule has 0 amide bonds. The molecule has 0 rings (SSSR count). The molecule has 0 saturated heterocycles. The Balaban J connectivity index is 3.41. The minimum atomic E-state index is -0.529. The molecule has 0 N–H and O–H groups in total. The monoisotopic (exact) mass is 290 g/mol. The number of unbranched alkanes of at least 4 members (excludes halogenated alkanes) is 5. The van der Waals surface area contributed by atoms with E-state index in [-0.39, 0.29) is 0 Å². The number of ether oxygens (including phenoxy) is 2. The second-order valence-electron chi connectivity index (χ2n) is 4.06. The van der Waals surface area contributed by atoms with Crippen molar-refractivity contribution in [1.29, 1.82) is 0 Å². The topological polar surface area (TPSA) is 52.6 Å². The summed E-state index contributed by atoms with van der Waals surface area (Å²) >= 11 is 5.57. The van der Waals surface area contributed by atoms with Gasteiger partial charge in [0, 0.05) is 18.0 Å². The molecule has 0 unspecified atom stereocenters. The summed E-state index contributed by atoms with van der Waals surface area (Å²) in [6.07, 6.45) is 8.59. The number of carbonyl (C=O) groups excluding carboxylic acids is 2. The standard InChI is InChI=1S/C14H23ClO4/c1-2-18-13(16)9-10-14(17)19-12-8-6-4-3-5-7-11-15/h9-10H,2-8,11-12H2,1H3/b10-9+. The first-order chi connectivity index (χ1) is 9.20. The largest absolute Gasteiger partial charge is 0.463 e. The molecule has 0 atom stereocenters. The van der Waals surface area contributed by atoms with Gasteiger partial charge in [-0.05, 0) is 19.8 Å². The van der Waals surface area contributed by atoms with Crippen molar-refractivity contribution < 1.29 is 19.1 Å². The van der Waals surface area contributed by atoms with Crippen LogP contribution in [-0.4, -0.2) is 31.0 Å². The fourth-order valence-electron chi connectivity index (χ4n) is 1.45.